The fourth-order valence-electron chi connectivity index (χ4n) is 4.15. The molecule has 0 aliphatic carbocycles. The van der Waals surface area contributed by atoms with Crippen LogP contribution in [0.3, 0.4) is 0 Å². The number of hydrogen-bond acceptors (Lipinski definition) is 6. The number of benzene rings is 4. The molecule has 0 saturated heterocycles. The minimum atomic E-state index is 0.359. The second kappa shape index (κ2) is 7.96. The van der Waals surface area contributed by atoms with Crippen LogP contribution >= 0.6 is 69.6 Å². The van der Waals surface area contributed by atoms with Crippen molar-refractivity contribution in [3.63, 3.8) is 0 Å². The average molecular weight is 591 g/mol. The fraction of sp³-hybridized carbons (Fsp3) is 0. The minimum absolute atomic E-state index is 0.359. The first kappa shape index (κ1) is 22.6. The van der Waals surface area contributed by atoms with E-state index in [2.05, 4.69) is 0 Å². The fourth-order valence-corrected chi connectivity index (χ4v) is 5.09. The van der Waals surface area contributed by atoms with Crippen LogP contribution in [0.25, 0.3) is 66.2 Å². The van der Waals surface area contributed by atoms with Gasteiger partial charge in [0, 0.05) is 0 Å². The average Bonchev–Trinajstić information content (AvgIpc) is 2.84. The SMILES string of the molecule is Clc1cc2nc3c4nc5cc(Cl)c(Cl)cc5nc4c4nc5cc(Cl)c(Cl)cc5nc4c3nc2cc1Cl. The molecule has 3 heterocycles. The van der Waals surface area contributed by atoms with Gasteiger partial charge in [-0.25, -0.2) is 29.9 Å². The van der Waals surface area contributed by atoms with Crippen molar-refractivity contribution in [1.82, 2.24) is 29.9 Å². The number of rotatable bonds is 0. The van der Waals surface area contributed by atoms with Crippen LogP contribution in [-0.2, 0) is 0 Å². The zero-order chi connectivity index (χ0) is 24.9. The Hall–Kier alpha value is -2.58. The van der Waals surface area contributed by atoms with Gasteiger partial charge in [0.1, 0.15) is 33.1 Å². The van der Waals surface area contributed by atoms with Crippen LogP contribution in [-0.4, -0.2) is 29.9 Å². The van der Waals surface area contributed by atoms with E-state index in [9.17, 15) is 0 Å². The van der Waals surface area contributed by atoms with Crippen LogP contribution in [0.15, 0.2) is 36.4 Å². The maximum atomic E-state index is 6.25. The summed E-state index contributed by atoms with van der Waals surface area (Å²) >= 11 is 37.5. The summed E-state index contributed by atoms with van der Waals surface area (Å²) in [6, 6.07) is 9.92. The summed E-state index contributed by atoms with van der Waals surface area (Å²) in [7, 11) is 0. The molecule has 6 nitrogen and oxygen atoms in total. The Kier molecular flexibility index (Phi) is 5.00. The quantitative estimate of drug-likeness (QED) is 0.130. The smallest absolute Gasteiger partial charge is 0.120 e. The van der Waals surface area contributed by atoms with Crippen molar-refractivity contribution in [2.24, 2.45) is 0 Å². The van der Waals surface area contributed by atoms with Gasteiger partial charge in [-0.2, -0.15) is 0 Å². The topological polar surface area (TPSA) is 77.3 Å². The molecule has 0 atom stereocenters. The molecule has 36 heavy (non-hydrogen) atoms. The van der Waals surface area contributed by atoms with E-state index in [1.165, 1.54) is 0 Å². The Bertz CT molecular complexity index is 1710. The van der Waals surface area contributed by atoms with Crippen molar-refractivity contribution >= 4 is 136 Å². The van der Waals surface area contributed by atoms with E-state index in [0.717, 1.165) is 0 Å². The van der Waals surface area contributed by atoms with Crippen LogP contribution in [0, 0.1) is 0 Å². The van der Waals surface area contributed by atoms with Gasteiger partial charge in [0.15, 0.2) is 0 Å². The summed E-state index contributed by atoms with van der Waals surface area (Å²) in [5, 5.41) is 2.16. The van der Waals surface area contributed by atoms with Gasteiger partial charge in [-0.1, -0.05) is 69.6 Å². The number of fused-ring (bicyclic) bond motifs is 9. The summed E-state index contributed by atoms with van der Waals surface area (Å²) < 4.78 is 0. The summed E-state index contributed by atoms with van der Waals surface area (Å²) in [6.45, 7) is 0. The molecule has 0 aliphatic rings. The highest BCUT2D eigenvalue weighted by Crippen LogP contribution is 2.36. The van der Waals surface area contributed by atoms with Crippen LogP contribution in [0.2, 0.25) is 30.1 Å². The maximum absolute atomic E-state index is 6.25. The first-order valence-electron chi connectivity index (χ1n) is 10.3. The molecule has 174 valence electrons. The van der Waals surface area contributed by atoms with Crippen LogP contribution in [0.4, 0.5) is 0 Å². The Morgan fingerprint density at radius 3 is 0.556 bits per heavy atom. The lowest BCUT2D eigenvalue weighted by molar-refractivity contribution is 1.34. The van der Waals surface area contributed by atoms with Crippen molar-refractivity contribution in [3.05, 3.63) is 66.5 Å². The summed E-state index contributed by atoms with van der Waals surface area (Å²) in [5.74, 6) is 0. The Labute approximate surface area is 231 Å². The molecular formula is C24H6Cl6N6. The van der Waals surface area contributed by atoms with Crippen molar-refractivity contribution in [2.75, 3.05) is 0 Å². The van der Waals surface area contributed by atoms with Crippen molar-refractivity contribution < 1.29 is 0 Å². The highest BCUT2D eigenvalue weighted by Gasteiger charge is 2.20. The molecule has 0 amide bonds. The zero-order valence-electron chi connectivity index (χ0n) is 17.4. The van der Waals surface area contributed by atoms with Crippen molar-refractivity contribution in [3.8, 4) is 0 Å². The molecule has 0 saturated carbocycles. The van der Waals surface area contributed by atoms with E-state index in [4.69, 9.17) is 99.5 Å². The van der Waals surface area contributed by atoms with Gasteiger partial charge in [0.05, 0.1) is 63.2 Å². The van der Waals surface area contributed by atoms with Gasteiger partial charge in [0.2, 0.25) is 0 Å². The highest BCUT2D eigenvalue weighted by atomic mass is 35.5. The molecule has 4 aromatic carbocycles. The third-order valence-corrected chi connectivity index (χ3v) is 7.96. The summed E-state index contributed by atoms with van der Waals surface area (Å²) in [5.41, 5.74) is 6.05. The molecule has 0 spiro atoms. The number of hydrogen-bond donors (Lipinski definition) is 0. The first-order valence-corrected chi connectivity index (χ1v) is 12.5. The zero-order valence-corrected chi connectivity index (χ0v) is 22.0. The lowest BCUT2D eigenvalue weighted by Crippen LogP contribution is -1.99. The molecular weight excluding hydrogens is 585 g/mol. The molecule has 0 radical (unpaired) electrons. The largest absolute Gasteiger partial charge is 0.242 e. The Balaban J connectivity index is 1.76. The Morgan fingerprint density at radius 1 is 0.278 bits per heavy atom. The molecule has 0 fully saturated rings. The molecule has 7 aromatic rings. The van der Waals surface area contributed by atoms with E-state index in [1.54, 1.807) is 36.4 Å². The third kappa shape index (κ3) is 3.33. The summed E-state index contributed by atoms with van der Waals surface area (Å²) in [4.78, 5) is 29.0. The number of halogens is 6. The van der Waals surface area contributed by atoms with E-state index in [1.807, 2.05) is 0 Å². The first-order chi connectivity index (χ1) is 17.3. The van der Waals surface area contributed by atoms with Gasteiger partial charge in [-0.15, -0.1) is 0 Å². The van der Waals surface area contributed by atoms with E-state index in [0.29, 0.717) is 96.3 Å². The van der Waals surface area contributed by atoms with Crippen LogP contribution in [0.1, 0.15) is 0 Å². The molecule has 7 rings (SSSR count). The molecule has 0 bridgehead atoms. The second-order valence-electron chi connectivity index (χ2n) is 8.03. The highest BCUT2D eigenvalue weighted by molar-refractivity contribution is 6.44. The van der Waals surface area contributed by atoms with Gasteiger partial charge in [-0.05, 0) is 36.4 Å². The van der Waals surface area contributed by atoms with E-state index in [-0.39, 0.29) is 0 Å². The van der Waals surface area contributed by atoms with Crippen LogP contribution < -0.4 is 0 Å². The molecule has 3 aromatic heterocycles. The molecule has 0 aliphatic heterocycles. The second-order valence-corrected chi connectivity index (χ2v) is 10.5. The molecule has 0 unspecified atom stereocenters. The number of nitrogens with zero attached hydrogens (tertiary/aromatic N) is 6. The predicted octanol–water partition coefficient (Wildman–Crippen LogP) is 8.90. The number of aromatic nitrogens is 6. The lowest BCUT2D eigenvalue weighted by Gasteiger charge is -2.11. The third-order valence-electron chi connectivity index (χ3n) is 5.79. The van der Waals surface area contributed by atoms with Crippen molar-refractivity contribution in [1.29, 1.82) is 0 Å². The van der Waals surface area contributed by atoms with Crippen molar-refractivity contribution in [2.45, 2.75) is 0 Å². The van der Waals surface area contributed by atoms with Gasteiger partial charge < -0.3 is 0 Å². The molecule has 0 N–H and O–H groups in total. The van der Waals surface area contributed by atoms with E-state index < -0.39 is 0 Å². The molecule has 12 heteroatoms. The van der Waals surface area contributed by atoms with Crippen LogP contribution in [0.5, 0.6) is 0 Å². The summed E-state index contributed by atoms with van der Waals surface area (Å²) in [6.07, 6.45) is 0. The lowest BCUT2D eigenvalue weighted by atomic mass is 10.1. The standard InChI is InChI=1S/C24H6Cl6N6/c25-7-1-13-14(2-8(7)26)32-20-19(31-13)21-23(35-16-4-10(28)9(27)3-15(16)33-21)24-22(20)34-17-5-11(29)12(30)6-18(17)36-24/h1-6H. The maximum Gasteiger partial charge on any atom is 0.120 e. The normalized spacial score (nSPS) is 12.2. The van der Waals surface area contributed by atoms with Gasteiger partial charge in [0.25, 0.3) is 0 Å². The Morgan fingerprint density at radius 2 is 0.417 bits per heavy atom. The monoisotopic (exact) mass is 588 g/mol. The van der Waals surface area contributed by atoms with Gasteiger partial charge in [-0.3, -0.25) is 0 Å². The van der Waals surface area contributed by atoms with E-state index >= 15 is 0 Å². The minimum Gasteiger partial charge on any atom is -0.242 e. The van der Waals surface area contributed by atoms with Gasteiger partial charge >= 0.3 is 0 Å². The predicted molar refractivity (Wildman–Crippen MR) is 148 cm³/mol.